The number of nitrogens with zero attached hydrogens (tertiary/aromatic N) is 2. The topological polar surface area (TPSA) is 59.5 Å². The van der Waals surface area contributed by atoms with Crippen molar-refractivity contribution < 1.29 is 14.3 Å². The lowest BCUT2D eigenvalue weighted by molar-refractivity contribution is -0.144. The number of amides is 1. The molecule has 0 N–H and O–H groups in total. The van der Waals surface area contributed by atoms with Crippen LogP contribution in [0.1, 0.15) is 19.5 Å². The number of rotatable bonds is 7. The molecule has 0 saturated heterocycles. The monoisotopic (exact) mass is 412 g/mol. The summed E-state index contributed by atoms with van der Waals surface area (Å²) in [5.74, 6) is -0.424. The highest BCUT2D eigenvalue weighted by Gasteiger charge is 2.19. The molecule has 3 aromatic rings. The number of thioether (sulfide) groups is 1. The molecule has 0 aliphatic carbocycles. The van der Waals surface area contributed by atoms with Gasteiger partial charge in [-0.1, -0.05) is 36.4 Å². The average molecular weight is 413 g/mol. The SMILES string of the molecule is CC(=O)N(c1ccccc1)c1nc(COC(=O)[C@@H](C)Sc2ccccc2)cs1. The minimum Gasteiger partial charge on any atom is -0.458 e. The van der Waals surface area contributed by atoms with Crippen molar-refractivity contribution in [2.45, 2.75) is 30.6 Å². The largest absolute Gasteiger partial charge is 0.458 e. The Kier molecular flexibility index (Phi) is 6.84. The van der Waals surface area contributed by atoms with Crippen molar-refractivity contribution in [2.75, 3.05) is 4.90 Å². The predicted molar refractivity (Wildman–Crippen MR) is 113 cm³/mol. The maximum absolute atomic E-state index is 12.3. The van der Waals surface area contributed by atoms with Gasteiger partial charge in [-0.2, -0.15) is 0 Å². The molecule has 144 valence electrons. The third kappa shape index (κ3) is 5.21. The first-order chi connectivity index (χ1) is 13.5. The molecule has 7 heteroatoms. The highest BCUT2D eigenvalue weighted by Crippen LogP contribution is 2.29. The molecule has 1 atom stereocenters. The van der Waals surface area contributed by atoms with E-state index >= 15 is 0 Å². The van der Waals surface area contributed by atoms with Crippen molar-refractivity contribution in [3.05, 3.63) is 71.7 Å². The van der Waals surface area contributed by atoms with Gasteiger partial charge < -0.3 is 4.74 Å². The fourth-order valence-corrected chi connectivity index (χ4v) is 4.24. The molecule has 1 amide bonds. The van der Waals surface area contributed by atoms with E-state index in [1.807, 2.05) is 67.6 Å². The number of carbonyl (C=O) groups excluding carboxylic acids is 2. The van der Waals surface area contributed by atoms with Gasteiger partial charge in [0, 0.05) is 17.2 Å². The van der Waals surface area contributed by atoms with Gasteiger partial charge in [-0.25, -0.2) is 4.98 Å². The van der Waals surface area contributed by atoms with Crippen LogP contribution in [0.5, 0.6) is 0 Å². The van der Waals surface area contributed by atoms with Gasteiger partial charge in [0.1, 0.15) is 11.9 Å². The number of anilines is 2. The number of benzene rings is 2. The summed E-state index contributed by atoms with van der Waals surface area (Å²) in [4.78, 5) is 31.4. The van der Waals surface area contributed by atoms with E-state index in [0.29, 0.717) is 10.8 Å². The van der Waals surface area contributed by atoms with Gasteiger partial charge in [-0.15, -0.1) is 23.1 Å². The Balaban J connectivity index is 1.61. The maximum atomic E-state index is 12.3. The number of esters is 1. The normalized spacial score (nSPS) is 11.6. The summed E-state index contributed by atoms with van der Waals surface area (Å²) < 4.78 is 5.40. The number of para-hydroxylation sites is 1. The molecule has 0 radical (unpaired) electrons. The molecule has 3 rings (SSSR count). The minimum absolute atomic E-state index is 0.0789. The molecule has 5 nitrogen and oxygen atoms in total. The summed E-state index contributed by atoms with van der Waals surface area (Å²) in [6, 6.07) is 19.1. The van der Waals surface area contributed by atoms with Crippen molar-refractivity contribution in [3.8, 4) is 0 Å². The smallest absolute Gasteiger partial charge is 0.319 e. The first-order valence-electron chi connectivity index (χ1n) is 8.73. The highest BCUT2D eigenvalue weighted by molar-refractivity contribution is 8.00. The zero-order valence-corrected chi connectivity index (χ0v) is 17.2. The molecule has 0 fully saturated rings. The Bertz CT molecular complexity index is 929. The third-order valence-corrected chi connectivity index (χ3v) is 5.78. The molecule has 0 spiro atoms. The molecule has 1 aromatic heterocycles. The van der Waals surface area contributed by atoms with Crippen LogP contribution in [0.2, 0.25) is 0 Å². The van der Waals surface area contributed by atoms with Gasteiger partial charge >= 0.3 is 5.97 Å². The van der Waals surface area contributed by atoms with E-state index in [9.17, 15) is 9.59 Å². The van der Waals surface area contributed by atoms with Crippen molar-refractivity contribution in [2.24, 2.45) is 0 Å². The summed E-state index contributed by atoms with van der Waals surface area (Å²) in [6.07, 6.45) is 0. The second-order valence-electron chi connectivity index (χ2n) is 5.99. The molecule has 1 heterocycles. The van der Waals surface area contributed by atoms with Crippen LogP contribution in [0.15, 0.2) is 70.9 Å². The fraction of sp³-hybridized carbons (Fsp3) is 0.190. The van der Waals surface area contributed by atoms with Crippen LogP contribution >= 0.6 is 23.1 Å². The standard InChI is InChI=1S/C21H20N2O3S2/c1-15(28-19-11-7-4-8-12-19)20(25)26-13-17-14-27-21(22-17)23(16(2)24)18-9-5-3-6-10-18/h3-12,14-15H,13H2,1-2H3/t15-/m1/s1. The summed E-state index contributed by atoms with van der Waals surface area (Å²) in [6.45, 7) is 3.39. The van der Waals surface area contributed by atoms with Gasteiger partial charge in [-0.05, 0) is 31.2 Å². The van der Waals surface area contributed by atoms with Crippen LogP contribution < -0.4 is 4.90 Å². The first kappa shape index (κ1) is 20.1. The van der Waals surface area contributed by atoms with Crippen LogP contribution in [0, 0.1) is 0 Å². The molecule has 0 unspecified atom stereocenters. The van der Waals surface area contributed by atoms with Crippen LogP contribution in [0.25, 0.3) is 0 Å². The number of thiazole rings is 1. The average Bonchev–Trinajstić information content (AvgIpc) is 3.16. The number of hydrogen-bond acceptors (Lipinski definition) is 6. The zero-order valence-electron chi connectivity index (χ0n) is 15.6. The van der Waals surface area contributed by atoms with E-state index in [2.05, 4.69) is 4.98 Å². The van der Waals surface area contributed by atoms with E-state index in [1.54, 1.807) is 10.3 Å². The Hall–Kier alpha value is -2.64. The van der Waals surface area contributed by atoms with Crippen molar-refractivity contribution in [1.29, 1.82) is 0 Å². The lowest BCUT2D eigenvalue weighted by atomic mass is 10.3. The van der Waals surface area contributed by atoms with Gasteiger partial charge in [0.15, 0.2) is 5.13 Å². The second kappa shape index (κ2) is 9.52. The quantitative estimate of drug-likeness (QED) is 0.401. The van der Waals surface area contributed by atoms with Crippen molar-refractivity contribution in [1.82, 2.24) is 4.98 Å². The van der Waals surface area contributed by atoms with Crippen LogP contribution in [0.3, 0.4) is 0 Å². The molecular formula is C21H20N2O3S2. The summed E-state index contributed by atoms with van der Waals surface area (Å²) >= 11 is 2.79. The zero-order chi connectivity index (χ0) is 19.9. The Labute approximate surface area is 172 Å². The fourth-order valence-electron chi connectivity index (χ4n) is 2.48. The van der Waals surface area contributed by atoms with Gasteiger partial charge in [0.05, 0.1) is 11.4 Å². The molecule has 28 heavy (non-hydrogen) atoms. The summed E-state index contributed by atoms with van der Waals surface area (Å²) in [5.41, 5.74) is 1.37. The van der Waals surface area contributed by atoms with E-state index < -0.39 is 0 Å². The van der Waals surface area contributed by atoms with Gasteiger partial charge in [-0.3, -0.25) is 14.5 Å². The van der Waals surface area contributed by atoms with Gasteiger partial charge in [0.25, 0.3) is 0 Å². The lowest BCUT2D eigenvalue weighted by Crippen LogP contribution is -2.22. The summed E-state index contributed by atoms with van der Waals surface area (Å²) in [7, 11) is 0. The third-order valence-electron chi connectivity index (χ3n) is 3.81. The van der Waals surface area contributed by atoms with E-state index in [4.69, 9.17) is 4.74 Å². The van der Waals surface area contributed by atoms with Gasteiger partial charge in [0.2, 0.25) is 5.91 Å². The molecule has 2 aromatic carbocycles. The molecular weight excluding hydrogens is 392 g/mol. The second-order valence-corrected chi connectivity index (χ2v) is 8.24. The Morgan fingerprint density at radius 1 is 1.11 bits per heavy atom. The van der Waals surface area contributed by atoms with Crippen LogP contribution in [-0.4, -0.2) is 22.1 Å². The Morgan fingerprint density at radius 3 is 2.39 bits per heavy atom. The molecule has 0 bridgehead atoms. The van der Waals surface area contributed by atoms with E-state index in [-0.39, 0.29) is 23.7 Å². The van der Waals surface area contributed by atoms with Crippen molar-refractivity contribution in [3.63, 3.8) is 0 Å². The van der Waals surface area contributed by atoms with E-state index in [0.717, 1.165) is 10.6 Å². The highest BCUT2D eigenvalue weighted by atomic mass is 32.2. The number of hydrogen-bond donors (Lipinski definition) is 0. The summed E-state index contributed by atoms with van der Waals surface area (Å²) in [5, 5.41) is 2.03. The predicted octanol–water partition coefficient (Wildman–Crippen LogP) is 5.05. The Morgan fingerprint density at radius 2 is 1.75 bits per heavy atom. The molecule has 0 aliphatic heterocycles. The molecule has 0 saturated carbocycles. The molecule has 0 aliphatic rings. The van der Waals surface area contributed by atoms with Crippen LogP contribution in [0.4, 0.5) is 10.8 Å². The lowest BCUT2D eigenvalue weighted by Gasteiger charge is -2.17. The maximum Gasteiger partial charge on any atom is 0.319 e. The van der Waals surface area contributed by atoms with Crippen molar-refractivity contribution >= 4 is 45.8 Å². The minimum atomic E-state index is -0.321. The van der Waals surface area contributed by atoms with E-state index in [1.165, 1.54) is 30.0 Å². The first-order valence-corrected chi connectivity index (χ1v) is 10.5. The number of aromatic nitrogens is 1. The van der Waals surface area contributed by atoms with Crippen LogP contribution in [-0.2, 0) is 20.9 Å². The number of ether oxygens (including phenoxy) is 1. The number of carbonyl (C=O) groups is 2.